The lowest BCUT2D eigenvalue weighted by Gasteiger charge is -2.33. The van der Waals surface area contributed by atoms with Crippen molar-refractivity contribution in [1.29, 1.82) is 0 Å². The number of carbonyl (C=O) groups excluding carboxylic acids is 2. The van der Waals surface area contributed by atoms with E-state index in [0.717, 1.165) is 0 Å². The molecule has 26 heavy (non-hydrogen) atoms. The second-order valence-electron chi connectivity index (χ2n) is 5.88. The Labute approximate surface area is 156 Å². The smallest absolute Gasteiger partial charge is 0.338 e. The molecule has 1 aliphatic rings. The van der Waals surface area contributed by atoms with Crippen molar-refractivity contribution in [3.8, 4) is 5.75 Å². The molecule has 2 aromatic rings. The van der Waals surface area contributed by atoms with Gasteiger partial charge in [-0.2, -0.15) is 0 Å². The predicted octanol–water partition coefficient (Wildman–Crippen LogP) is 4.34. The van der Waals surface area contributed by atoms with Crippen LogP contribution in [0.1, 0.15) is 24.2 Å². The van der Waals surface area contributed by atoms with Crippen LogP contribution in [0.15, 0.2) is 42.5 Å². The number of anilines is 2. The van der Waals surface area contributed by atoms with E-state index >= 15 is 0 Å². The van der Waals surface area contributed by atoms with Crippen LogP contribution in [0.4, 0.5) is 16.2 Å². The number of urea groups is 1. The molecule has 1 heterocycles. The first-order valence-electron chi connectivity index (χ1n) is 8.30. The minimum Gasteiger partial charge on any atom is -0.487 e. The van der Waals surface area contributed by atoms with E-state index in [-0.39, 0.29) is 12.1 Å². The topological polar surface area (TPSA) is 67.9 Å². The molecule has 2 aromatic carbocycles. The normalized spacial score (nSPS) is 15.7. The van der Waals surface area contributed by atoms with Crippen LogP contribution in [0.25, 0.3) is 0 Å². The fourth-order valence-electron chi connectivity index (χ4n) is 2.70. The summed E-state index contributed by atoms with van der Waals surface area (Å²) in [7, 11) is 0. The van der Waals surface area contributed by atoms with Gasteiger partial charge >= 0.3 is 12.0 Å². The molecular weight excluding hydrogens is 356 g/mol. The highest BCUT2D eigenvalue weighted by atomic mass is 35.5. The number of rotatable bonds is 3. The van der Waals surface area contributed by atoms with Gasteiger partial charge in [0.25, 0.3) is 0 Å². The molecule has 0 aliphatic carbocycles. The summed E-state index contributed by atoms with van der Waals surface area (Å²) in [6.45, 7) is 4.36. The van der Waals surface area contributed by atoms with Gasteiger partial charge in [0.1, 0.15) is 11.9 Å². The largest absolute Gasteiger partial charge is 0.487 e. The van der Waals surface area contributed by atoms with E-state index in [1.54, 1.807) is 54.3 Å². The van der Waals surface area contributed by atoms with Crippen LogP contribution in [0, 0.1) is 0 Å². The van der Waals surface area contributed by atoms with E-state index in [9.17, 15) is 9.59 Å². The molecule has 7 heteroatoms. The molecule has 6 nitrogen and oxygen atoms in total. The Kier molecular flexibility index (Phi) is 5.32. The molecule has 136 valence electrons. The minimum atomic E-state index is -0.393. The number of halogens is 1. The molecule has 1 aliphatic heterocycles. The van der Waals surface area contributed by atoms with Gasteiger partial charge in [-0.3, -0.25) is 4.90 Å². The average Bonchev–Trinajstić information content (AvgIpc) is 2.62. The lowest BCUT2D eigenvalue weighted by Crippen LogP contribution is -2.44. The maximum Gasteiger partial charge on any atom is 0.338 e. The lowest BCUT2D eigenvalue weighted by atomic mass is 10.2. The summed E-state index contributed by atoms with van der Waals surface area (Å²) >= 11 is 6.06. The van der Waals surface area contributed by atoms with Crippen molar-refractivity contribution in [2.75, 3.05) is 23.4 Å². The third-order valence-electron chi connectivity index (χ3n) is 3.87. The molecule has 1 N–H and O–H groups in total. The molecule has 0 bridgehead atoms. The summed E-state index contributed by atoms with van der Waals surface area (Å²) in [5.41, 5.74) is 1.63. The fraction of sp³-hybridized carbons (Fsp3) is 0.263. The number of benzene rings is 2. The number of nitrogens with one attached hydrogen (secondary N) is 1. The number of hydrogen-bond acceptors (Lipinski definition) is 4. The van der Waals surface area contributed by atoms with Crippen LogP contribution >= 0.6 is 11.6 Å². The highest BCUT2D eigenvalue weighted by Crippen LogP contribution is 2.36. The van der Waals surface area contributed by atoms with Gasteiger partial charge in [-0.1, -0.05) is 11.6 Å². The third kappa shape index (κ3) is 3.91. The fourth-order valence-corrected chi connectivity index (χ4v) is 2.86. The number of hydrogen-bond donors (Lipinski definition) is 1. The number of amides is 2. The van der Waals surface area contributed by atoms with Gasteiger partial charge < -0.3 is 14.8 Å². The molecule has 0 spiro atoms. The van der Waals surface area contributed by atoms with Crippen molar-refractivity contribution in [2.45, 2.75) is 20.0 Å². The Morgan fingerprint density at radius 2 is 2.00 bits per heavy atom. The first-order valence-corrected chi connectivity index (χ1v) is 8.67. The monoisotopic (exact) mass is 374 g/mol. The highest BCUT2D eigenvalue weighted by molar-refractivity contribution is 6.31. The maximum atomic E-state index is 12.7. The van der Waals surface area contributed by atoms with Crippen molar-refractivity contribution in [3.05, 3.63) is 53.1 Å². The molecule has 3 rings (SSSR count). The van der Waals surface area contributed by atoms with E-state index in [1.807, 2.05) is 6.92 Å². The molecule has 0 saturated carbocycles. The van der Waals surface area contributed by atoms with Crippen LogP contribution in [-0.2, 0) is 4.74 Å². The van der Waals surface area contributed by atoms with Gasteiger partial charge in [0.15, 0.2) is 0 Å². The van der Waals surface area contributed by atoms with Crippen molar-refractivity contribution >= 4 is 35.0 Å². The minimum absolute atomic E-state index is 0.138. The van der Waals surface area contributed by atoms with Crippen LogP contribution < -0.4 is 15.0 Å². The molecule has 0 saturated heterocycles. The Morgan fingerprint density at radius 1 is 1.27 bits per heavy atom. The zero-order valence-corrected chi connectivity index (χ0v) is 15.2. The summed E-state index contributed by atoms with van der Waals surface area (Å²) in [4.78, 5) is 26.0. The SMILES string of the molecule is CCOC(=O)c1ccc(NC(=O)N2CC(C)Oc3ccc(Cl)cc32)cc1. The zero-order valence-electron chi connectivity index (χ0n) is 14.5. The molecule has 0 fully saturated rings. The highest BCUT2D eigenvalue weighted by Gasteiger charge is 2.28. The first-order chi connectivity index (χ1) is 12.5. The van der Waals surface area contributed by atoms with Crippen LogP contribution in [0.3, 0.4) is 0 Å². The van der Waals surface area contributed by atoms with Crippen molar-refractivity contribution in [1.82, 2.24) is 0 Å². The standard InChI is InChI=1S/C19H19ClN2O4/c1-3-25-18(23)13-4-7-15(8-5-13)21-19(24)22-11-12(2)26-17-9-6-14(20)10-16(17)22/h4-10,12H,3,11H2,1-2H3,(H,21,24). The van der Waals surface area contributed by atoms with Crippen molar-refractivity contribution < 1.29 is 19.1 Å². The van der Waals surface area contributed by atoms with Gasteiger partial charge in [-0.25, -0.2) is 9.59 Å². The van der Waals surface area contributed by atoms with E-state index < -0.39 is 5.97 Å². The average molecular weight is 375 g/mol. The van der Waals surface area contributed by atoms with Gasteiger partial charge in [0.05, 0.1) is 24.4 Å². The van der Waals surface area contributed by atoms with E-state index in [0.29, 0.717) is 40.9 Å². The molecule has 1 atom stereocenters. The van der Waals surface area contributed by atoms with E-state index in [4.69, 9.17) is 21.1 Å². The second kappa shape index (κ2) is 7.66. The molecule has 0 radical (unpaired) electrons. The molecule has 1 unspecified atom stereocenters. The van der Waals surface area contributed by atoms with Crippen LogP contribution in [-0.4, -0.2) is 31.3 Å². The molecular formula is C19H19ClN2O4. The summed E-state index contributed by atoms with van der Waals surface area (Å²) < 4.78 is 10.7. The van der Waals surface area contributed by atoms with Gasteiger partial charge in [-0.05, 0) is 56.3 Å². The number of nitrogens with zero attached hydrogens (tertiary/aromatic N) is 1. The maximum absolute atomic E-state index is 12.7. The zero-order chi connectivity index (χ0) is 18.7. The Hall–Kier alpha value is -2.73. The van der Waals surface area contributed by atoms with Crippen LogP contribution in [0.5, 0.6) is 5.75 Å². The van der Waals surface area contributed by atoms with Crippen molar-refractivity contribution in [2.24, 2.45) is 0 Å². The summed E-state index contributed by atoms with van der Waals surface area (Å²) in [5, 5.41) is 3.35. The van der Waals surface area contributed by atoms with Gasteiger partial charge in [0.2, 0.25) is 0 Å². The summed E-state index contributed by atoms with van der Waals surface area (Å²) in [5.74, 6) is 0.219. The first kappa shape index (κ1) is 18.1. The second-order valence-corrected chi connectivity index (χ2v) is 6.32. The number of carbonyl (C=O) groups is 2. The molecule has 2 amide bonds. The lowest BCUT2D eigenvalue weighted by molar-refractivity contribution is 0.0526. The molecule has 0 aromatic heterocycles. The summed E-state index contributed by atoms with van der Waals surface area (Å²) in [6, 6.07) is 11.4. The number of ether oxygens (including phenoxy) is 2. The van der Waals surface area contributed by atoms with Gasteiger partial charge in [0, 0.05) is 10.7 Å². The van der Waals surface area contributed by atoms with E-state index in [2.05, 4.69) is 5.32 Å². The third-order valence-corrected chi connectivity index (χ3v) is 4.11. The Balaban J connectivity index is 1.76. The Morgan fingerprint density at radius 3 is 2.69 bits per heavy atom. The van der Waals surface area contributed by atoms with Crippen LogP contribution in [0.2, 0.25) is 5.02 Å². The van der Waals surface area contributed by atoms with E-state index in [1.165, 1.54) is 0 Å². The summed E-state index contributed by atoms with van der Waals surface area (Å²) in [6.07, 6.45) is -0.138. The number of esters is 1. The Bertz CT molecular complexity index is 823. The number of fused-ring (bicyclic) bond motifs is 1. The predicted molar refractivity (Wildman–Crippen MR) is 100 cm³/mol. The quantitative estimate of drug-likeness (QED) is 0.811. The van der Waals surface area contributed by atoms with Crippen molar-refractivity contribution in [3.63, 3.8) is 0 Å². The van der Waals surface area contributed by atoms with Gasteiger partial charge in [-0.15, -0.1) is 0 Å².